The van der Waals surface area contributed by atoms with Crippen molar-refractivity contribution in [3.05, 3.63) is 83.9 Å². The monoisotopic (exact) mass is 478 g/mol. The minimum absolute atomic E-state index is 0.00272. The largest absolute Gasteiger partial charge is 0.456 e. The number of amides is 2. The van der Waals surface area contributed by atoms with E-state index in [1.54, 1.807) is 0 Å². The Morgan fingerprint density at radius 3 is 2.49 bits per heavy atom. The number of nitrogens with one attached hydrogen (secondary N) is 2. The number of hydrogen-bond acceptors (Lipinski definition) is 5. The van der Waals surface area contributed by atoms with Gasteiger partial charge in [0.05, 0.1) is 25.1 Å². The maximum absolute atomic E-state index is 13.0. The molecule has 2 aromatic carbocycles. The van der Waals surface area contributed by atoms with Crippen LogP contribution in [0.25, 0.3) is 0 Å². The minimum Gasteiger partial charge on any atom is -0.456 e. The van der Waals surface area contributed by atoms with Gasteiger partial charge in [-0.15, -0.1) is 0 Å². The molecule has 0 saturated heterocycles. The Hall–Kier alpha value is -3.45. The molecule has 0 aliphatic carbocycles. The molecule has 0 spiro atoms. The van der Waals surface area contributed by atoms with Crippen molar-refractivity contribution in [2.45, 2.75) is 50.7 Å². The van der Waals surface area contributed by atoms with Crippen molar-refractivity contribution >= 4 is 17.8 Å². The van der Waals surface area contributed by atoms with Crippen LogP contribution in [0.1, 0.15) is 49.3 Å². The molecule has 0 radical (unpaired) electrons. The highest BCUT2D eigenvalue weighted by Crippen LogP contribution is 2.20. The summed E-state index contributed by atoms with van der Waals surface area (Å²) in [4.78, 5) is 38.1. The number of carbonyl (C=O) groups is 3. The highest BCUT2D eigenvalue weighted by molar-refractivity contribution is 5.86. The summed E-state index contributed by atoms with van der Waals surface area (Å²) >= 11 is 0. The van der Waals surface area contributed by atoms with Crippen molar-refractivity contribution < 1.29 is 24.2 Å². The molecule has 3 atom stereocenters. The molecule has 2 amide bonds. The quantitative estimate of drug-likeness (QED) is 0.419. The molecule has 1 aliphatic rings. The first-order chi connectivity index (χ1) is 17.0. The number of cyclic esters (lactones) is 1. The molecule has 0 unspecified atom stereocenters. The Morgan fingerprint density at radius 2 is 1.77 bits per heavy atom. The predicted molar refractivity (Wildman–Crippen MR) is 133 cm³/mol. The summed E-state index contributed by atoms with van der Waals surface area (Å²) in [5.41, 5.74) is 1.81. The molecular weight excluding hydrogens is 444 g/mol. The number of carbonyl (C=O) groups excluding carboxylic acids is 3. The van der Waals surface area contributed by atoms with Crippen LogP contribution in [0.4, 0.5) is 0 Å². The zero-order chi connectivity index (χ0) is 24.9. The SMILES string of the molecule is O=C(C[C@H]1CC=CCCCC(=O)O[C@H](c2ccccc2)CNC1=O)N[C@H](CO)Cc1ccccc1. The number of aliphatic hydroxyl groups excluding tert-OH is 1. The maximum Gasteiger partial charge on any atom is 0.306 e. The van der Waals surface area contributed by atoms with E-state index in [0.29, 0.717) is 32.1 Å². The van der Waals surface area contributed by atoms with Crippen molar-refractivity contribution in [3.63, 3.8) is 0 Å². The van der Waals surface area contributed by atoms with Gasteiger partial charge in [0.2, 0.25) is 11.8 Å². The molecule has 7 heteroatoms. The summed E-state index contributed by atoms with van der Waals surface area (Å²) < 4.78 is 5.65. The van der Waals surface area contributed by atoms with Crippen LogP contribution in [0.2, 0.25) is 0 Å². The zero-order valence-corrected chi connectivity index (χ0v) is 19.9. The zero-order valence-electron chi connectivity index (χ0n) is 19.9. The van der Waals surface area contributed by atoms with E-state index in [-0.39, 0.29) is 37.4 Å². The molecule has 3 N–H and O–H groups in total. The van der Waals surface area contributed by atoms with Gasteiger partial charge < -0.3 is 20.5 Å². The summed E-state index contributed by atoms with van der Waals surface area (Å²) in [7, 11) is 0. The standard InChI is InChI=1S/C28H34N2O5/c31-20-24(17-21-11-5-3-6-12-21)30-26(32)18-23-15-7-1-2-10-16-27(33)35-25(19-29-28(23)34)22-13-8-4-9-14-22/h1,3-9,11-14,23-25,31H,2,10,15-20H2,(H,29,34)(H,30,32)/t23-,24+,25+/m1/s1. The van der Waals surface area contributed by atoms with Crippen LogP contribution in [0.3, 0.4) is 0 Å². The number of esters is 1. The van der Waals surface area contributed by atoms with E-state index in [4.69, 9.17) is 4.74 Å². The Kier molecular flexibility index (Phi) is 10.5. The van der Waals surface area contributed by atoms with Crippen LogP contribution in [0.15, 0.2) is 72.8 Å². The molecule has 35 heavy (non-hydrogen) atoms. The third kappa shape index (κ3) is 9.02. The van der Waals surface area contributed by atoms with Crippen LogP contribution in [-0.2, 0) is 25.5 Å². The number of hydrogen-bond donors (Lipinski definition) is 3. The molecule has 0 bridgehead atoms. The average Bonchev–Trinajstić information content (AvgIpc) is 2.89. The predicted octanol–water partition coefficient (Wildman–Crippen LogP) is 3.24. The van der Waals surface area contributed by atoms with Gasteiger partial charge in [-0.25, -0.2) is 0 Å². The van der Waals surface area contributed by atoms with Gasteiger partial charge in [0.1, 0.15) is 6.10 Å². The van der Waals surface area contributed by atoms with E-state index in [1.807, 2.05) is 72.8 Å². The lowest BCUT2D eigenvalue weighted by molar-refractivity contribution is -0.150. The second-order valence-corrected chi connectivity index (χ2v) is 8.77. The van der Waals surface area contributed by atoms with Gasteiger partial charge in [-0.05, 0) is 36.8 Å². The first-order valence-electron chi connectivity index (χ1n) is 12.2. The summed E-state index contributed by atoms with van der Waals surface area (Å²) in [6, 6.07) is 18.5. The van der Waals surface area contributed by atoms with Gasteiger partial charge in [-0.2, -0.15) is 0 Å². The van der Waals surface area contributed by atoms with E-state index in [1.165, 1.54) is 0 Å². The topological polar surface area (TPSA) is 105 Å². The number of benzene rings is 2. The molecule has 2 aromatic rings. The van der Waals surface area contributed by atoms with Crippen molar-refractivity contribution in [1.29, 1.82) is 0 Å². The van der Waals surface area contributed by atoms with E-state index in [2.05, 4.69) is 10.6 Å². The molecule has 7 nitrogen and oxygen atoms in total. The fraction of sp³-hybridized carbons (Fsp3) is 0.393. The molecule has 1 aliphatic heterocycles. The second kappa shape index (κ2) is 14.1. The summed E-state index contributed by atoms with van der Waals surface area (Å²) in [5, 5.41) is 15.5. The summed E-state index contributed by atoms with van der Waals surface area (Å²) in [5.74, 6) is -1.44. The molecular formula is C28H34N2O5. The summed E-state index contributed by atoms with van der Waals surface area (Å²) in [6.45, 7) is -0.0643. The van der Waals surface area contributed by atoms with Crippen molar-refractivity contribution in [2.24, 2.45) is 5.92 Å². The number of rotatable bonds is 7. The third-order valence-electron chi connectivity index (χ3n) is 5.96. The highest BCUT2D eigenvalue weighted by Gasteiger charge is 2.25. The average molecular weight is 479 g/mol. The molecule has 0 fully saturated rings. The number of aliphatic hydroxyl groups is 1. The van der Waals surface area contributed by atoms with Crippen LogP contribution in [0.5, 0.6) is 0 Å². The van der Waals surface area contributed by atoms with Gasteiger partial charge >= 0.3 is 5.97 Å². The highest BCUT2D eigenvalue weighted by atomic mass is 16.5. The second-order valence-electron chi connectivity index (χ2n) is 8.77. The molecule has 0 aromatic heterocycles. The van der Waals surface area contributed by atoms with Gasteiger partial charge in [0.25, 0.3) is 0 Å². The smallest absolute Gasteiger partial charge is 0.306 e. The normalized spacial score (nSPS) is 20.4. The number of ether oxygens (including phenoxy) is 1. The van der Waals surface area contributed by atoms with Crippen molar-refractivity contribution in [2.75, 3.05) is 13.2 Å². The number of allylic oxidation sites excluding steroid dienone is 2. The Balaban J connectivity index is 1.65. The van der Waals surface area contributed by atoms with E-state index in [9.17, 15) is 19.5 Å². The van der Waals surface area contributed by atoms with Crippen LogP contribution in [-0.4, -0.2) is 42.1 Å². The lowest BCUT2D eigenvalue weighted by Crippen LogP contribution is -2.42. The molecule has 1 heterocycles. The lowest BCUT2D eigenvalue weighted by atomic mass is 9.98. The Bertz CT molecular complexity index is 977. The Morgan fingerprint density at radius 1 is 1.06 bits per heavy atom. The fourth-order valence-electron chi connectivity index (χ4n) is 4.05. The van der Waals surface area contributed by atoms with Gasteiger partial charge in [0, 0.05) is 12.8 Å². The lowest BCUT2D eigenvalue weighted by Gasteiger charge is -2.22. The maximum atomic E-state index is 13.0. The van der Waals surface area contributed by atoms with E-state index in [0.717, 1.165) is 11.1 Å². The Labute approximate surface area is 206 Å². The van der Waals surface area contributed by atoms with Gasteiger partial charge in [-0.1, -0.05) is 72.8 Å². The third-order valence-corrected chi connectivity index (χ3v) is 5.96. The van der Waals surface area contributed by atoms with Crippen LogP contribution in [0, 0.1) is 5.92 Å². The van der Waals surface area contributed by atoms with Gasteiger partial charge in [-0.3, -0.25) is 14.4 Å². The van der Waals surface area contributed by atoms with Crippen molar-refractivity contribution in [1.82, 2.24) is 10.6 Å². The fourth-order valence-corrected chi connectivity index (χ4v) is 4.05. The van der Waals surface area contributed by atoms with Crippen LogP contribution < -0.4 is 10.6 Å². The molecule has 3 rings (SSSR count). The molecule has 0 saturated carbocycles. The van der Waals surface area contributed by atoms with Crippen molar-refractivity contribution in [3.8, 4) is 0 Å². The van der Waals surface area contributed by atoms with E-state index < -0.39 is 18.1 Å². The first-order valence-corrected chi connectivity index (χ1v) is 12.2. The molecule has 186 valence electrons. The minimum atomic E-state index is -0.597. The summed E-state index contributed by atoms with van der Waals surface area (Å²) in [6.07, 6.45) is 5.79. The van der Waals surface area contributed by atoms with E-state index >= 15 is 0 Å². The van der Waals surface area contributed by atoms with Gasteiger partial charge in [0.15, 0.2) is 0 Å². The van der Waals surface area contributed by atoms with Crippen LogP contribution >= 0.6 is 0 Å². The first kappa shape index (κ1) is 26.2.